The van der Waals surface area contributed by atoms with E-state index in [0.717, 1.165) is 11.1 Å². The number of aliphatic hydroxyl groups excluding tert-OH is 1. The molecule has 0 unspecified atom stereocenters. The fourth-order valence-corrected chi connectivity index (χ4v) is 3.71. The number of nitrogens with one attached hydrogen (secondary N) is 1. The highest BCUT2D eigenvalue weighted by molar-refractivity contribution is 5.99. The molecule has 0 aromatic heterocycles. The van der Waals surface area contributed by atoms with E-state index in [4.69, 9.17) is 4.74 Å². The lowest BCUT2D eigenvalue weighted by atomic mass is 9.94. The third-order valence-corrected chi connectivity index (χ3v) is 5.47. The van der Waals surface area contributed by atoms with E-state index in [1.165, 1.54) is 6.07 Å². The van der Waals surface area contributed by atoms with Crippen LogP contribution in [-0.4, -0.2) is 46.8 Å². The lowest BCUT2D eigenvalue weighted by Crippen LogP contribution is -2.48. The number of carboxylic acid groups (broad SMARTS) is 1. The molecule has 0 aliphatic carbocycles. The molecule has 2 atom stereocenters. The van der Waals surface area contributed by atoms with Crippen molar-refractivity contribution in [3.8, 4) is 11.1 Å². The quantitative estimate of drug-likeness (QED) is 0.420. The number of aliphatic hydroxyl groups is 1. The summed E-state index contributed by atoms with van der Waals surface area (Å²) >= 11 is 0. The Balaban J connectivity index is 1.92. The van der Waals surface area contributed by atoms with E-state index < -0.39 is 30.0 Å². The highest BCUT2D eigenvalue weighted by Gasteiger charge is 2.29. The smallest absolute Gasteiger partial charge is 0.337 e. The van der Waals surface area contributed by atoms with Crippen LogP contribution < -0.4 is 5.32 Å². The average molecular weight is 462 g/mol. The number of benzene rings is 3. The molecule has 0 bridgehead atoms. The molecule has 3 N–H and O–H groups in total. The summed E-state index contributed by atoms with van der Waals surface area (Å²) in [4.78, 5) is 37.0. The van der Waals surface area contributed by atoms with Gasteiger partial charge in [0.1, 0.15) is 0 Å². The van der Waals surface area contributed by atoms with E-state index in [0.29, 0.717) is 11.1 Å². The Bertz CT molecular complexity index is 1170. The molecule has 0 spiro atoms. The predicted molar refractivity (Wildman–Crippen MR) is 128 cm³/mol. The Kier molecular flexibility index (Phi) is 8.16. The fourth-order valence-electron chi connectivity index (χ4n) is 3.71. The van der Waals surface area contributed by atoms with E-state index in [-0.39, 0.29) is 24.2 Å². The number of hydrogen-bond acceptors (Lipinski definition) is 5. The second-order valence-electron chi connectivity index (χ2n) is 7.85. The van der Waals surface area contributed by atoms with Crippen molar-refractivity contribution in [3.63, 3.8) is 0 Å². The maximum Gasteiger partial charge on any atom is 0.337 e. The van der Waals surface area contributed by atoms with Crippen molar-refractivity contribution in [2.75, 3.05) is 6.61 Å². The van der Waals surface area contributed by atoms with Gasteiger partial charge in [-0.3, -0.25) is 4.79 Å². The van der Waals surface area contributed by atoms with Gasteiger partial charge in [-0.2, -0.15) is 0 Å². The van der Waals surface area contributed by atoms with Crippen molar-refractivity contribution in [2.24, 2.45) is 0 Å². The number of aromatic carboxylic acids is 1. The Morgan fingerprint density at radius 1 is 0.941 bits per heavy atom. The van der Waals surface area contributed by atoms with Gasteiger partial charge < -0.3 is 20.3 Å². The Morgan fingerprint density at radius 3 is 2.29 bits per heavy atom. The van der Waals surface area contributed by atoms with E-state index in [2.05, 4.69) is 5.32 Å². The maximum absolute atomic E-state index is 13.2. The molecule has 7 heteroatoms. The number of ether oxygens (including phenoxy) is 1. The molecule has 0 fully saturated rings. The number of esters is 1. The van der Waals surface area contributed by atoms with Gasteiger partial charge in [0.05, 0.1) is 18.2 Å². The summed E-state index contributed by atoms with van der Waals surface area (Å²) in [7, 11) is 0. The van der Waals surface area contributed by atoms with Gasteiger partial charge in [-0.15, -0.1) is 0 Å². The van der Waals surface area contributed by atoms with Crippen LogP contribution in [-0.2, 0) is 16.0 Å². The van der Waals surface area contributed by atoms with Crippen molar-refractivity contribution in [3.05, 3.63) is 95.1 Å². The molecule has 7 nitrogen and oxygen atoms in total. The van der Waals surface area contributed by atoms with Crippen LogP contribution in [0.3, 0.4) is 0 Å². The molecule has 0 radical (unpaired) electrons. The van der Waals surface area contributed by atoms with Gasteiger partial charge in [0.15, 0.2) is 6.10 Å². The molecule has 3 rings (SSSR count). The monoisotopic (exact) mass is 461 g/mol. The molecule has 176 valence electrons. The van der Waals surface area contributed by atoms with E-state index in [1.54, 1.807) is 43.3 Å². The van der Waals surface area contributed by atoms with Crippen LogP contribution in [0.25, 0.3) is 11.1 Å². The highest BCUT2D eigenvalue weighted by atomic mass is 16.5. The molecular weight excluding hydrogens is 434 g/mol. The fraction of sp³-hybridized carbons (Fsp3) is 0.222. The van der Waals surface area contributed by atoms with Crippen LogP contribution in [0.5, 0.6) is 0 Å². The van der Waals surface area contributed by atoms with Crippen LogP contribution in [0, 0.1) is 6.92 Å². The summed E-state index contributed by atoms with van der Waals surface area (Å²) in [6, 6.07) is 19.8. The van der Waals surface area contributed by atoms with Crippen LogP contribution in [0.4, 0.5) is 0 Å². The number of hydrogen-bond donors (Lipinski definition) is 3. The minimum Gasteiger partial charge on any atom is -0.478 e. The summed E-state index contributed by atoms with van der Waals surface area (Å²) in [6.07, 6.45) is -1.34. The predicted octanol–water partition coefficient (Wildman–Crippen LogP) is 3.63. The number of carboxylic acids is 1. The van der Waals surface area contributed by atoms with Gasteiger partial charge in [0.25, 0.3) is 5.91 Å². The largest absolute Gasteiger partial charge is 0.478 e. The summed E-state index contributed by atoms with van der Waals surface area (Å²) < 4.78 is 4.94. The molecule has 0 saturated heterocycles. The van der Waals surface area contributed by atoms with Gasteiger partial charge in [-0.1, -0.05) is 54.6 Å². The molecule has 0 aliphatic rings. The lowest BCUT2D eigenvalue weighted by Gasteiger charge is -2.23. The first-order valence-corrected chi connectivity index (χ1v) is 10.9. The first kappa shape index (κ1) is 24.7. The molecule has 0 saturated carbocycles. The van der Waals surface area contributed by atoms with Gasteiger partial charge >= 0.3 is 11.9 Å². The van der Waals surface area contributed by atoms with Crippen molar-refractivity contribution >= 4 is 17.8 Å². The van der Waals surface area contributed by atoms with Crippen LogP contribution >= 0.6 is 0 Å². The average Bonchev–Trinajstić information content (AvgIpc) is 2.84. The van der Waals surface area contributed by atoms with E-state index in [1.807, 2.05) is 37.3 Å². The zero-order valence-electron chi connectivity index (χ0n) is 19.0. The normalized spacial score (nSPS) is 12.4. The molecule has 1 amide bonds. The third kappa shape index (κ3) is 5.88. The number of amides is 1. The first-order chi connectivity index (χ1) is 16.3. The van der Waals surface area contributed by atoms with Crippen molar-refractivity contribution in [1.29, 1.82) is 0 Å². The molecule has 0 heterocycles. The second-order valence-corrected chi connectivity index (χ2v) is 7.85. The van der Waals surface area contributed by atoms with Crippen molar-refractivity contribution < 1.29 is 29.3 Å². The minimum atomic E-state index is -1.55. The molecule has 3 aromatic rings. The molecule has 3 aromatic carbocycles. The number of aryl methyl sites for hydroxylation is 1. The zero-order chi connectivity index (χ0) is 24.7. The minimum absolute atomic E-state index is 0.103. The Morgan fingerprint density at radius 2 is 1.62 bits per heavy atom. The Hall–Kier alpha value is -3.97. The van der Waals surface area contributed by atoms with Gasteiger partial charge in [0, 0.05) is 5.56 Å². The SMILES string of the molecule is CCOC(=O)[C@H](O)[C@@H](Cc1ccccc1)NC(=O)c1ccc(C)c(-c2ccccc2C(=O)O)c1. The summed E-state index contributed by atoms with van der Waals surface area (Å²) in [5, 5.41) is 22.9. The van der Waals surface area contributed by atoms with Crippen LogP contribution in [0.1, 0.15) is 38.8 Å². The maximum atomic E-state index is 13.2. The summed E-state index contributed by atoms with van der Waals surface area (Å²) in [5.74, 6) is -2.38. The van der Waals surface area contributed by atoms with Gasteiger partial charge in [-0.25, -0.2) is 9.59 Å². The lowest BCUT2D eigenvalue weighted by molar-refractivity contribution is -0.154. The third-order valence-electron chi connectivity index (χ3n) is 5.47. The standard InChI is InChI=1S/C27H27NO6/c1-3-34-27(33)24(29)23(15-18-9-5-4-6-10-18)28-25(30)19-14-13-17(2)22(16-19)20-11-7-8-12-21(20)26(31)32/h4-14,16,23-24,29H,3,15H2,1-2H3,(H,28,30)(H,31,32)/t23-,24-/m1/s1. The van der Waals surface area contributed by atoms with Crippen molar-refractivity contribution in [1.82, 2.24) is 5.32 Å². The van der Waals surface area contributed by atoms with E-state index >= 15 is 0 Å². The van der Waals surface area contributed by atoms with Crippen LogP contribution in [0.2, 0.25) is 0 Å². The van der Waals surface area contributed by atoms with Crippen LogP contribution in [0.15, 0.2) is 72.8 Å². The van der Waals surface area contributed by atoms with Gasteiger partial charge in [-0.05, 0) is 60.7 Å². The molecular formula is C27H27NO6. The zero-order valence-corrected chi connectivity index (χ0v) is 19.0. The van der Waals surface area contributed by atoms with Crippen molar-refractivity contribution in [2.45, 2.75) is 32.4 Å². The number of rotatable bonds is 9. The summed E-state index contributed by atoms with van der Waals surface area (Å²) in [6.45, 7) is 3.57. The summed E-state index contributed by atoms with van der Waals surface area (Å²) in [5.41, 5.74) is 3.14. The van der Waals surface area contributed by atoms with E-state index in [9.17, 15) is 24.6 Å². The molecule has 34 heavy (non-hydrogen) atoms. The highest BCUT2D eigenvalue weighted by Crippen LogP contribution is 2.28. The molecule has 0 aliphatic heterocycles. The second kappa shape index (κ2) is 11.2. The van der Waals surface area contributed by atoms with Gasteiger partial charge in [0.2, 0.25) is 0 Å². The number of carbonyl (C=O) groups excluding carboxylic acids is 2. The number of carbonyl (C=O) groups is 3. The first-order valence-electron chi connectivity index (χ1n) is 10.9. The topological polar surface area (TPSA) is 113 Å². The Labute approximate surface area is 198 Å².